The molecule has 7 atom stereocenters. The standard InChI is InChI=1S/C27H46N4O5/c1-19-3-4-21-24(31-11-9-29(10-12-31)14-16-33)26(35)36-25(21)27(2)22(34)17-20(23(19)27)18-30-7-5-28(6-8-30)13-15-32/h19-21,23-25,32-33H,3-18H2,1-2H3/t19-,20?,21-,23+,24?,25+,27+/m0/s1. The van der Waals surface area contributed by atoms with Crippen molar-refractivity contribution < 1.29 is 24.5 Å². The SMILES string of the molecule is C[C@H]1CC[C@H]2C(N3CCN(CCO)CC3)C(=O)O[C@H]2[C@]2(C)C(=O)CC(CN3CCN(CCO)CC3)[C@@H]12. The Hall–Kier alpha value is -1.10. The van der Waals surface area contributed by atoms with Gasteiger partial charge < -0.3 is 19.8 Å². The van der Waals surface area contributed by atoms with Gasteiger partial charge in [-0.15, -0.1) is 0 Å². The molecule has 0 aromatic heterocycles. The summed E-state index contributed by atoms with van der Waals surface area (Å²) in [5.74, 6) is 1.20. The van der Waals surface area contributed by atoms with Gasteiger partial charge in [-0.1, -0.05) is 6.92 Å². The number of esters is 1. The van der Waals surface area contributed by atoms with Crippen molar-refractivity contribution in [2.24, 2.45) is 29.1 Å². The molecule has 0 spiro atoms. The Kier molecular flexibility index (Phi) is 8.06. The fourth-order valence-corrected chi connectivity index (χ4v) is 8.47. The average molecular weight is 507 g/mol. The van der Waals surface area contributed by atoms with Gasteiger partial charge >= 0.3 is 5.97 Å². The van der Waals surface area contributed by atoms with Crippen LogP contribution in [0.2, 0.25) is 0 Å². The first kappa shape index (κ1) is 26.5. The summed E-state index contributed by atoms with van der Waals surface area (Å²) in [5.41, 5.74) is -0.604. The molecular weight excluding hydrogens is 460 g/mol. The van der Waals surface area contributed by atoms with Crippen LogP contribution in [0, 0.1) is 29.1 Å². The lowest BCUT2D eigenvalue weighted by Gasteiger charge is -2.41. The van der Waals surface area contributed by atoms with Crippen LogP contribution in [0.3, 0.4) is 0 Å². The summed E-state index contributed by atoms with van der Waals surface area (Å²) in [6.45, 7) is 14.4. The van der Waals surface area contributed by atoms with Crippen LogP contribution in [0.5, 0.6) is 0 Å². The number of ketones is 1. The summed E-state index contributed by atoms with van der Waals surface area (Å²) in [6, 6.07) is -0.250. The molecule has 2 saturated carbocycles. The highest BCUT2D eigenvalue weighted by Crippen LogP contribution is 2.58. The fourth-order valence-electron chi connectivity index (χ4n) is 8.47. The summed E-state index contributed by atoms with van der Waals surface area (Å²) in [4.78, 5) is 36.4. The van der Waals surface area contributed by atoms with Gasteiger partial charge in [0.25, 0.3) is 0 Å². The number of fused-ring (bicyclic) bond motifs is 3. The highest BCUT2D eigenvalue weighted by molar-refractivity contribution is 5.90. The molecule has 5 aliphatic rings. The van der Waals surface area contributed by atoms with Crippen molar-refractivity contribution in [2.45, 2.75) is 45.3 Å². The molecule has 2 unspecified atom stereocenters. The van der Waals surface area contributed by atoms with Gasteiger partial charge in [0, 0.05) is 84.3 Å². The van der Waals surface area contributed by atoms with Gasteiger partial charge in [0.15, 0.2) is 0 Å². The average Bonchev–Trinajstić information content (AvgIpc) is 3.29. The van der Waals surface area contributed by atoms with Crippen LogP contribution in [0.15, 0.2) is 0 Å². The van der Waals surface area contributed by atoms with E-state index in [1.807, 2.05) is 0 Å². The van der Waals surface area contributed by atoms with E-state index in [0.29, 0.717) is 30.6 Å². The van der Waals surface area contributed by atoms with Crippen molar-refractivity contribution in [3.8, 4) is 0 Å². The Bertz CT molecular complexity index is 797. The maximum atomic E-state index is 13.8. The van der Waals surface area contributed by atoms with Crippen LogP contribution in [-0.2, 0) is 14.3 Å². The van der Waals surface area contributed by atoms with Crippen LogP contribution in [0.25, 0.3) is 0 Å². The van der Waals surface area contributed by atoms with Crippen molar-refractivity contribution in [1.82, 2.24) is 19.6 Å². The smallest absolute Gasteiger partial charge is 0.324 e. The first-order valence-electron chi connectivity index (χ1n) is 14.2. The molecule has 2 N–H and O–H groups in total. The third kappa shape index (κ3) is 4.76. The summed E-state index contributed by atoms with van der Waals surface area (Å²) >= 11 is 0. The van der Waals surface area contributed by atoms with Gasteiger partial charge in [-0.05, 0) is 37.5 Å². The van der Waals surface area contributed by atoms with E-state index < -0.39 is 5.41 Å². The predicted molar refractivity (Wildman–Crippen MR) is 135 cm³/mol. The van der Waals surface area contributed by atoms with Crippen molar-refractivity contribution >= 4 is 11.8 Å². The van der Waals surface area contributed by atoms with Crippen molar-refractivity contribution in [1.29, 1.82) is 0 Å². The number of rotatable bonds is 7. The van der Waals surface area contributed by atoms with Crippen molar-refractivity contribution in [3.63, 3.8) is 0 Å². The molecule has 9 nitrogen and oxygen atoms in total. The van der Waals surface area contributed by atoms with E-state index in [-0.39, 0.29) is 43.2 Å². The molecule has 0 aromatic carbocycles. The summed E-state index contributed by atoms with van der Waals surface area (Å²) < 4.78 is 6.20. The van der Waals surface area contributed by atoms with E-state index in [1.165, 1.54) is 0 Å². The Morgan fingerprint density at radius 1 is 0.889 bits per heavy atom. The number of ether oxygens (including phenoxy) is 1. The molecule has 9 heteroatoms. The van der Waals surface area contributed by atoms with E-state index >= 15 is 0 Å². The second-order valence-electron chi connectivity index (χ2n) is 12.2. The van der Waals surface area contributed by atoms with Gasteiger partial charge in [0.1, 0.15) is 17.9 Å². The Balaban J connectivity index is 1.30. The minimum Gasteiger partial charge on any atom is -0.460 e. The van der Waals surface area contributed by atoms with Crippen LogP contribution in [-0.4, -0.2) is 139 Å². The first-order chi connectivity index (χ1) is 17.4. The van der Waals surface area contributed by atoms with E-state index in [4.69, 9.17) is 4.74 Å². The third-order valence-corrected chi connectivity index (χ3v) is 10.3. The molecule has 2 aliphatic carbocycles. The highest BCUT2D eigenvalue weighted by atomic mass is 16.6. The molecule has 204 valence electrons. The zero-order chi connectivity index (χ0) is 25.4. The van der Waals surface area contributed by atoms with Crippen LogP contribution >= 0.6 is 0 Å². The number of hydrogen-bond acceptors (Lipinski definition) is 9. The maximum absolute atomic E-state index is 13.8. The molecule has 36 heavy (non-hydrogen) atoms. The number of aliphatic hydroxyl groups excluding tert-OH is 2. The number of aliphatic hydroxyl groups is 2. The van der Waals surface area contributed by atoms with Gasteiger partial charge in [-0.2, -0.15) is 0 Å². The molecule has 0 aromatic rings. The second kappa shape index (κ2) is 10.9. The largest absolute Gasteiger partial charge is 0.460 e. The number of Topliss-reactive ketones (excluding diaryl/α,β-unsaturated/α-hetero) is 1. The molecule has 3 saturated heterocycles. The zero-order valence-corrected chi connectivity index (χ0v) is 22.2. The summed E-state index contributed by atoms with van der Waals surface area (Å²) in [7, 11) is 0. The number of carbonyl (C=O) groups excluding carboxylic acids is 2. The quantitative estimate of drug-likeness (QED) is 0.454. The lowest BCUT2D eigenvalue weighted by atomic mass is 9.66. The molecular formula is C27H46N4O5. The van der Waals surface area contributed by atoms with Gasteiger partial charge in [-0.25, -0.2) is 0 Å². The maximum Gasteiger partial charge on any atom is 0.324 e. The van der Waals surface area contributed by atoms with E-state index in [1.54, 1.807) is 0 Å². The first-order valence-corrected chi connectivity index (χ1v) is 14.2. The van der Waals surface area contributed by atoms with Crippen molar-refractivity contribution in [3.05, 3.63) is 0 Å². The van der Waals surface area contributed by atoms with Crippen molar-refractivity contribution in [2.75, 3.05) is 85.2 Å². The minimum absolute atomic E-state index is 0.0732. The molecule has 3 aliphatic heterocycles. The monoisotopic (exact) mass is 506 g/mol. The van der Waals surface area contributed by atoms with Crippen LogP contribution in [0.4, 0.5) is 0 Å². The van der Waals surface area contributed by atoms with Gasteiger partial charge in [0.05, 0.1) is 18.6 Å². The van der Waals surface area contributed by atoms with E-state index in [0.717, 1.165) is 78.3 Å². The highest BCUT2D eigenvalue weighted by Gasteiger charge is 2.65. The number of β-amino-alcohol motifs (C(OH)–C–C–N with tert-alkyl or cyclic N) is 2. The lowest BCUT2D eigenvalue weighted by molar-refractivity contribution is -0.154. The number of piperazine rings is 2. The Morgan fingerprint density at radius 2 is 1.47 bits per heavy atom. The molecule has 5 fully saturated rings. The van der Waals surface area contributed by atoms with Crippen LogP contribution in [0.1, 0.15) is 33.1 Å². The number of nitrogens with zero attached hydrogens (tertiary/aromatic N) is 4. The zero-order valence-electron chi connectivity index (χ0n) is 22.2. The fraction of sp³-hybridized carbons (Fsp3) is 0.926. The molecule has 0 radical (unpaired) electrons. The van der Waals surface area contributed by atoms with Gasteiger partial charge in [0.2, 0.25) is 0 Å². The normalized spacial score (nSPS) is 41.2. The molecule has 0 bridgehead atoms. The predicted octanol–water partition coefficient (Wildman–Crippen LogP) is -0.242. The van der Waals surface area contributed by atoms with E-state index in [9.17, 15) is 19.8 Å². The summed E-state index contributed by atoms with van der Waals surface area (Å²) in [6.07, 6.45) is 2.24. The van der Waals surface area contributed by atoms with E-state index in [2.05, 4.69) is 33.4 Å². The summed E-state index contributed by atoms with van der Waals surface area (Å²) in [5, 5.41) is 18.5. The second-order valence-corrected chi connectivity index (χ2v) is 12.2. The molecule has 3 heterocycles. The Labute approximate surface area is 215 Å². The van der Waals surface area contributed by atoms with Gasteiger partial charge in [-0.3, -0.25) is 24.3 Å². The minimum atomic E-state index is -0.604. The number of carbonyl (C=O) groups is 2. The molecule has 5 rings (SSSR count). The topological polar surface area (TPSA) is 96.8 Å². The Morgan fingerprint density at radius 3 is 2.08 bits per heavy atom. The third-order valence-electron chi connectivity index (χ3n) is 10.3. The number of hydrogen-bond donors (Lipinski definition) is 2. The lowest BCUT2D eigenvalue weighted by Crippen LogP contribution is -2.54. The molecule has 0 amide bonds. The van der Waals surface area contributed by atoms with Crippen LogP contribution < -0.4 is 0 Å².